The molecule has 7 nitrogen and oxygen atoms in total. The van der Waals surface area contributed by atoms with Crippen LogP contribution in [-0.2, 0) is 10.0 Å². The van der Waals surface area contributed by atoms with E-state index in [9.17, 15) is 13.2 Å². The number of rotatable bonds is 6. The van der Waals surface area contributed by atoms with Crippen LogP contribution in [-0.4, -0.2) is 45.4 Å². The van der Waals surface area contributed by atoms with Crippen molar-refractivity contribution >= 4 is 15.9 Å². The van der Waals surface area contributed by atoms with Gasteiger partial charge < -0.3 is 10.1 Å². The van der Waals surface area contributed by atoms with Crippen molar-refractivity contribution in [3.63, 3.8) is 0 Å². The summed E-state index contributed by atoms with van der Waals surface area (Å²) in [5, 5.41) is 11.4. The van der Waals surface area contributed by atoms with Gasteiger partial charge in [-0.3, -0.25) is 4.79 Å². The maximum Gasteiger partial charge on any atom is 0.251 e. The number of hydrogen-bond acceptors (Lipinski definition) is 5. The van der Waals surface area contributed by atoms with Gasteiger partial charge in [0.05, 0.1) is 19.1 Å². The molecular weight excluding hydrogens is 330 g/mol. The van der Waals surface area contributed by atoms with E-state index < -0.39 is 15.9 Å². The number of nitriles is 1. The molecule has 0 aromatic heterocycles. The molecule has 1 saturated heterocycles. The van der Waals surface area contributed by atoms with Crippen LogP contribution in [0.5, 0.6) is 5.75 Å². The highest BCUT2D eigenvalue weighted by Gasteiger charge is 2.30. The standard InChI is InChI=1S/C16H21N3O4S/c1-12(10-17)11-18-16(20)13-5-6-14(23-2)15(9-13)24(21,22)19-7-3-4-8-19/h5-6,9,12H,3-4,7-8,11H2,1-2H3,(H,18,20)/t12-/m0/s1. The molecule has 1 aliphatic rings. The van der Waals surface area contributed by atoms with Crippen molar-refractivity contribution in [1.82, 2.24) is 9.62 Å². The van der Waals surface area contributed by atoms with Crippen LogP contribution in [0.1, 0.15) is 30.1 Å². The molecule has 24 heavy (non-hydrogen) atoms. The lowest BCUT2D eigenvalue weighted by Gasteiger charge is -2.18. The molecule has 1 atom stereocenters. The molecule has 1 heterocycles. The quantitative estimate of drug-likeness (QED) is 0.834. The summed E-state index contributed by atoms with van der Waals surface area (Å²) in [6.45, 7) is 2.84. The van der Waals surface area contributed by atoms with Crippen LogP contribution in [0.3, 0.4) is 0 Å². The first-order valence-corrected chi connectivity index (χ1v) is 9.20. The Balaban J connectivity index is 2.31. The number of nitrogens with one attached hydrogen (secondary N) is 1. The predicted octanol–water partition coefficient (Wildman–Crippen LogP) is 1.37. The number of carbonyl (C=O) groups excluding carboxylic acids is 1. The number of carbonyl (C=O) groups is 1. The molecule has 0 spiro atoms. The fourth-order valence-corrected chi connectivity index (χ4v) is 4.18. The predicted molar refractivity (Wildman–Crippen MR) is 88.1 cm³/mol. The average molecular weight is 351 g/mol. The van der Waals surface area contributed by atoms with Gasteiger partial charge in [0, 0.05) is 25.2 Å². The smallest absolute Gasteiger partial charge is 0.251 e. The second-order valence-electron chi connectivity index (χ2n) is 5.72. The lowest BCUT2D eigenvalue weighted by Crippen LogP contribution is -2.30. The number of nitrogens with zero attached hydrogens (tertiary/aromatic N) is 2. The zero-order chi connectivity index (χ0) is 17.7. The Morgan fingerprint density at radius 3 is 2.67 bits per heavy atom. The first kappa shape index (κ1) is 18.2. The molecule has 0 aliphatic carbocycles. The normalized spacial score (nSPS) is 16.4. The molecule has 1 aromatic carbocycles. The molecule has 0 bridgehead atoms. The fraction of sp³-hybridized carbons (Fsp3) is 0.500. The van der Waals surface area contributed by atoms with E-state index in [-0.39, 0.29) is 28.7 Å². The van der Waals surface area contributed by atoms with Gasteiger partial charge in [0.2, 0.25) is 10.0 Å². The highest BCUT2D eigenvalue weighted by molar-refractivity contribution is 7.89. The van der Waals surface area contributed by atoms with Gasteiger partial charge in [0.15, 0.2) is 0 Å². The summed E-state index contributed by atoms with van der Waals surface area (Å²) in [7, 11) is -2.30. The van der Waals surface area contributed by atoms with E-state index in [1.54, 1.807) is 6.92 Å². The summed E-state index contributed by atoms with van der Waals surface area (Å²) >= 11 is 0. The Morgan fingerprint density at radius 2 is 2.08 bits per heavy atom. The Labute approximate surface area is 142 Å². The summed E-state index contributed by atoms with van der Waals surface area (Å²) in [4.78, 5) is 12.2. The topological polar surface area (TPSA) is 99.5 Å². The molecule has 130 valence electrons. The van der Waals surface area contributed by atoms with E-state index in [1.807, 2.05) is 6.07 Å². The number of benzene rings is 1. The van der Waals surface area contributed by atoms with Crippen LogP contribution < -0.4 is 10.1 Å². The Bertz CT molecular complexity index is 749. The summed E-state index contributed by atoms with van der Waals surface area (Å²) in [6, 6.07) is 6.34. The first-order valence-electron chi connectivity index (χ1n) is 7.76. The first-order chi connectivity index (χ1) is 11.4. The van der Waals surface area contributed by atoms with Crippen molar-refractivity contribution in [2.75, 3.05) is 26.7 Å². The van der Waals surface area contributed by atoms with Crippen LogP contribution >= 0.6 is 0 Å². The van der Waals surface area contributed by atoms with E-state index in [0.29, 0.717) is 13.1 Å². The van der Waals surface area contributed by atoms with Crippen molar-refractivity contribution < 1.29 is 17.9 Å². The van der Waals surface area contributed by atoms with Crippen LogP contribution in [0.2, 0.25) is 0 Å². The van der Waals surface area contributed by atoms with Crippen molar-refractivity contribution in [3.8, 4) is 11.8 Å². The van der Waals surface area contributed by atoms with Gasteiger partial charge in [-0.05, 0) is 38.0 Å². The minimum Gasteiger partial charge on any atom is -0.495 e. The molecule has 1 fully saturated rings. The van der Waals surface area contributed by atoms with Gasteiger partial charge >= 0.3 is 0 Å². The second-order valence-corrected chi connectivity index (χ2v) is 7.62. The average Bonchev–Trinajstić information content (AvgIpc) is 3.14. The number of ether oxygens (including phenoxy) is 1. The third-order valence-electron chi connectivity index (χ3n) is 3.90. The zero-order valence-corrected chi connectivity index (χ0v) is 14.6. The third kappa shape index (κ3) is 3.86. The van der Waals surface area contributed by atoms with Crippen molar-refractivity contribution in [2.24, 2.45) is 5.92 Å². The maximum absolute atomic E-state index is 12.8. The lowest BCUT2D eigenvalue weighted by molar-refractivity contribution is 0.0950. The van der Waals surface area contributed by atoms with Gasteiger partial charge in [-0.1, -0.05) is 0 Å². The van der Waals surface area contributed by atoms with Crippen LogP contribution in [0, 0.1) is 17.2 Å². The largest absolute Gasteiger partial charge is 0.495 e. The second kappa shape index (κ2) is 7.64. The van der Waals surface area contributed by atoms with E-state index in [2.05, 4.69) is 5.32 Å². The number of amides is 1. The SMILES string of the molecule is COc1ccc(C(=O)NC[C@@H](C)C#N)cc1S(=O)(=O)N1CCCC1. The Morgan fingerprint density at radius 1 is 1.42 bits per heavy atom. The maximum atomic E-state index is 12.8. The fourth-order valence-electron chi connectivity index (χ4n) is 2.48. The molecular formula is C16H21N3O4S. The van der Waals surface area contributed by atoms with Gasteiger partial charge in [0.1, 0.15) is 10.6 Å². The van der Waals surface area contributed by atoms with E-state index in [1.165, 1.54) is 29.6 Å². The van der Waals surface area contributed by atoms with E-state index in [4.69, 9.17) is 10.00 Å². The van der Waals surface area contributed by atoms with Gasteiger partial charge in [-0.25, -0.2) is 8.42 Å². The molecule has 0 unspecified atom stereocenters. The van der Waals surface area contributed by atoms with Crippen molar-refractivity contribution in [1.29, 1.82) is 5.26 Å². The summed E-state index contributed by atoms with van der Waals surface area (Å²) in [6.07, 6.45) is 1.65. The summed E-state index contributed by atoms with van der Waals surface area (Å²) in [5.41, 5.74) is 0.221. The van der Waals surface area contributed by atoms with Crippen LogP contribution in [0.25, 0.3) is 0 Å². The summed E-state index contributed by atoms with van der Waals surface area (Å²) in [5.74, 6) is -0.526. The zero-order valence-electron chi connectivity index (χ0n) is 13.8. The van der Waals surface area contributed by atoms with Gasteiger partial charge in [0.25, 0.3) is 5.91 Å². The van der Waals surface area contributed by atoms with Crippen molar-refractivity contribution in [2.45, 2.75) is 24.7 Å². The number of methoxy groups -OCH3 is 1. The van der Waals surface area contributed by atoms with Crippen molar-refractivity contribution in [3.05, 3.63) is 23.8 Å². The minimum atomic E-state index is -3.70. The molecule has 1 aliphatic heterocycles. The highest BCUT2D eigenvalue weighted by atomic mass is 32.2. The lowest BCUT2D eigenvalue weighted by atomic mass is 10.1. The van der Waals surface area contributed by atoms with Gasteiger partial charge in [-0.2, -0.15) is 9.57 Å². The molecule has 1 aromatic rings. The summed E-state index contributed by atoms with van der Waals surface area (Å²) < 4.78 is 32.1. The monoisotopic (exact) mass is 351 g/mol. The Kier molecular flexibility index (Phi) is 5.80. The Hall–Kier alpha value is -2.11. The van der Waals surface area contributed by atoms with Gasteiger partial charge in [-0.15, -0.1) is 0 Å². The molecule has 0 radical (unpaired) electrons. The van der Waals surface area contributed by atoms with E-state index in [0.717, 1.165) is 12.8 Å². The number of sulfonamides is 1. The molecule has 0 saturated carbocycles. The molecule has 1 N–H and O–H groups in total. The molecule has 2 rings (SSSR count). The van der Waals surface area contributed by atoms with E-state index >= 15 is 0 Å². The molecule has 8 heteroatoms. The minimum absolute atomic E-state index is 0.00659. The van der Waals surface area contributed by atoms with Crippen LogP contribution in [0.4, 0.5) is 0 Å². The highest BCUT2D eigenvalue weighted by Crippen LogP contribution is 2.29. The van der Waals surface area contributed by atoms with Crippen LogP contribution in [0.15, 0.2) is 23.1 Å². The number of hydrogen-bond donors (Lipinski definition) is 1. The third-order valence-corrected chi connectivity index (χ3v) is 5.82. The molecule has 1 amide bonds.